The first-order valence-electron chi connectivity index (χ1n) is 10.9. The number of amides is 2. The Hall–Kier alpha value is -4.24. The van der Waals surface area contributed by atoms with Crippen molar-refractivity contribution < 1.29 is 19.1 Å². The van der Waals surface area contributed by atoms with Crippen molar-refractivity contribution in [2.75, 3.05) is 23.9 Å². The summed E-state index contributed by atoms with van der Waals surface area (Å²) in [6, 6.07) is 18.2. The molecule has 3 heterocycles. The molecule has 5 rings (SSSR count). The number of nitrogens with zero attached hydrogens (tertiary/aromatic N) is 3. The lowest BCUT2D eigenvalue weighted by molar-refractivity contribution is -0.127. The zero-order valence-electron chi connectivity index (χ0n) is 19.1. The van der Waals surface area contributed by atoms with Crippen LogP contribution < -0.4 is 19.7 Å². The number of aromatic nitrogens is 2. The van der Waals surface area contributed by atoms with Crippen LogP contribution in [0.1, 0.15) is 6.92 Å². The number of carbonyl (C=O) groups is 2. The smallest absolute Gasteiger partial charge is 0.268 e. The molecule has 1 atom stereocenters. The first-order chi connectivity index (χ1) is 17.0. The molecule has 0 spiro atoms. The first-order valence-corrected chi connectivity index (χ1v) is 11.8. The molecule has 0 bridgehead atoms. The number of anilines is 2. The molecule has 9 heteroatoms. The lowest BCUT2D eigenvalue weighted by Gasteiger charge is -2.32. The molecule has 4 aromatic rings. The second kappa shape index (κ2) is 9.55. The SMILES string of the molecule is COc1ccc(NC(=O)CN2C(=O)C(C)Oc3ccc(-c4csc(-c5ccccn5)n4)cc32)cc1. The highest BCUT2D eigenvalue weighted by atomic mass is 32.1. The standard InChI is InChI=1S/C26H22N4O4S/c1-16-26(32)30(14-24(31)28-18-7-9-19(33-2)10-8-18)22-13-17(6-11-23(22)34-16)21-15-35-25(29-21)20-5-3-4-12-27-20/h3-13,15-16H,14H2,1-2H3,(H,28,31). The van der Waals surface area contributed by atoms with Gasteiger partial charge in [-0.1, -0.05) is 6.07 Å². The monoisotopic (exact) mass is 486 g/mol. The number of ether oxygens (including phenoxy) is 2. The van der Waals surface area contributed by atoms with Crippen molar-refractivity contribution in [3.8, 4) is 33.5 Å². The summed E-state index contributed by atoms with van der Waals surface area (Å²) in [5.74, 6) is 0.625. The van der Waals surface area contributed by atoms with E-state index in [1.165, 1.54) is 16.2 Å². The molecule has 176 valence electrons. The topological polar surface area (TPSA) is 93.7 Å². The number of rotatable bonds is 6. The number of methoxy groups -OCH3 is 1. The Morgan fingerprint density at radius 3 is 2.71 bits per heavy atom. The maximum Gasteiger partial charge on any atom is 0.268 e. The molecule has 0 fully saturated rings. The van der Waals surface area contributed by atoms with E-state index in [4.69, 9.17) is 14.5 Å². The molecule has 0 radical (unpaired) electrons. The molecule has 2 aromatic carbocycles. The minimum Gasteiger partial charge on any atom is -0.497 e. The van der Waals surface area contributed by atoms with Gasteiger partial charge < -0.3 is 14.8 Å². The van der Waals surface area contributed by atoms with Crippen LogP contribution >= 0.6 is 11.3 Å². The Bertz CT molecular complexity index is 1370. The van der Waals surface area contributed by atoms with Crippen molar-refractivity contribution in [2.45, 2.75) is 13.0 Å². The maximum absolute atomic E-state index is 13.0. The zero-order chi connectivity index (χ0) is 24.4. The van der Waals surface area contributed by atoms with Crippen molar-refractivity contribution in [3.63, 3.8) is 0 Å². The fourth-order valence-electron chi connectivity index (χ4n) is 3.76. The Kier molecular flexibility index (Phi) is 6.15. The molecular weight excluding hydrogens is 464 g/mol. The summed E-state index contributed by atoms with van der Waals surface area (Å²) >= 11 is 1.49. The van der Waals surface area contributed by atoms with Gasteiger partial charge in [0.15, 0.2) is 6.10 Å². The fourth-order valence-corrected chi connectivity index (χ4v) is 4.57. The van der Waals surface area contributed by atoms with E-state index in [1.807, 2.05) is 41.8 Å². The van der Waals surface area contributed by atoms with Gasteiger partial charge in [-0.2, -0.15) is 0 Å². The van der Waals surface area contributed by atoms with Crippen LogP contribution in [0.2, 0.25) is 0 Å². The Balaban J connectivity index is 1.40. The Labute approximate surface area is 206 Å². The highest BCUT2D eigenvalue weighted by Crippen LogP contribution is 2.38. The molecular formula is C26H22N4O4S. The summed E-state index contributed by atoms with van der Waals surface area (Å²) in [6.45, 7) is 1.53. The second-order valence-corrected chi connectivity index (χ2v) is 8.75. The predicted molar refractivity (Wildman–Crippen MR) is 135 cm³/mol. The average Bonchev–Trinajstić information content (AvgIpc) is 3.38. The van der Waals surface area contributed by atoms with Crippen LogP contribution in [-0.4, -0.2) is 41.5 Å². The third-order valence-corrected chi connectivity index (χ3v) is 6.39. The van der Waals surface area contributed by atoms with Gasteiger partial charge in [0, 0.05) is 22.8 Å². The summed E-state index contributed by atoms with van der Waals surface area (Å²) in [5.41, 5.74) is 3.51. The third-order valence-electron chi connectivity index (χ3n) is 5.53. The van der Waals surface area contributed by atoms with E-state index in [1.54, 1.807) is 44.5 Å². The number of thiazole rings is 1. The average molecular weight is 487 g/mol. The van der Waals surface area contributed by atoms with Gasteiger partial charge in [0.2, 0.25) is 5.91 Å². The van der Waals surface area contributed by atoms with Crippen LogP contribution in [0.3, 0.4) is 0 Å². The Morgan fingerprint density at radius 1 is 1.14 bits per heavy atom. The van der Waals surface area contributed by atoms with Gasteiger partial charge in [0.1, 0.15) is 23.1 Å². The fraction of sp³-hybridized carbons (Fsp3) is 0.154. The van der Waals surface area contributed by atoms with Crippen LogP contribution in [0, 0.1) is 0 Å². The number of pyridine rings is 1. The van der Waals surface area contributed by atoms with Crippen molar-refractivity contribution in [1.29, 1.82) is 0 Å². The number of hydrogen-bond donors (Lipinski definition) is 1. The normalized spacial score (nSPS) is 14.7. The van der Waals surface area contributed by atoms with Gasteiger partial charge in [-0.25, -0.2) is 4.98 Å². The van der Waals surface area contributed by atoms with Gasteiger partial charge in [-0.15, -0.1) is 11.3 Å². The highest BCUT2D eigenvalue weighted by molar-refractivity contribution is 7.13. The summed E-state index contributed by atoms with van der Waals surface area (Å²) < 4.78 is 10.9. The molecule has 0 saturated heterocycles. The summed E-state index contributed by atoms with van der Waals surface area (Å²) in [4.78, 5) is 36.3. The lowest BCUT2D eigenvalue weighted by Crippen LogP contribution is -2.47. The number of carbonyl (C=O) groups excluding carboxylic acids is 2. The molecule has 8 nitrogen and oxygen atoms in total. The Morgan fingerprint density at radius 2 is 1.97 bits per heavy atom. The molecule has 35 heavy (non-hydrogen) atoms. The van der Waals surface area contributed by atoms with Crippen LogP contribution in [0.5, 0.6) is 11.5 Å². The van der Waals surface area contributed by atoms with E-state index in [2.05, 4.69) is 10.3 Å². The van der Waals surface area contributed by atoms with Crippen LogP contribution in [0.4, 0.5) is 11.4 Å². The van der Waals surface area contributed by atoms with Crippen molar-refractivity contribution in [1.82, 2.24) is 9.97 Å². The van der Waals surface area contributed by atoms with Crippen molar-refractivity contribution in [2.24, 2.45) is 0 Å². The number of fused-ring (bicyclic) bond motifs is 1. The molecule has 2 amide bonds. The summed E-state index contributed by atoms with van der Waals surface area (Å²) in [7, 11) is 1.58. The van der Waals surface area contributed by atoms with Crippen molar-refractivity contribution in [3.05, 3.63) is 72.2 Å². The molecule has 1 aliphatic rings. The first kappa shape index (κ1) is 22.5. The van der Waals surface area contributed by atoms with Gasteiger partial charge in [-0.3, -0.25) is 19.5 Å². The summed E-state index contributed by atoms with van der Waals surface area (Å²) in [5, 5.41) is 5.57. The van der Waals surface area contributed by atoms with Crippen LogP contribution in [0.25, 0.3) is 22.0 Å². The molecule has 0 aliphatic carbocycles. The predicted octanol–water partition coefficient (Wildman–Crippen LogP) is 4.63. The quantitative estimate of drug-likeness (QED) is 0.427. The molecule has 1 N–H and O–H groups in total. The van der Waals surface area contributed by atoms with Gasteiger partial charge in [0.25, 0.3) is 5.91 Å². The molecule has 0 saturated carbocycles. The van der Waals surface area contributed by atoms with E-state index >= 15 is 0 Å². The minimum atomic E-state index is -0.697. The van der Waals surface area contributed by atoms with E-state index in [0.29, 0.717) is 22.9 Å². The number of hydrogen-bond acceptors (Lipinski definition) is 7. The maximum atomic E-state index is 13.0. The van der Waals surface area contributed by atoms with Crippen molar-refractivity contribution >= 4 is 34.5 Å². The number of nitrogens with one attached hydrogen (secondary N) is 1. The lowest BCUT2D eigenvalue weighted by atomic mass is 10.1. The van der Waals surface area contributed by atoms with E-state index < -0.39 is 6.10 Å². The highest BCUT2D eigenvalue weighted by Gasteiger charge is 2.33. The molecule has 1 unspecified atom stereocenters. The zero-order valence-corrected chi connectivity index (χ0v) is 19.9. The minimum absolute atomic E-state index is 0.148. The third kappa shape index (κ3) is 4.71. The van der Waals surface area contributed by atoms with Gasteiger partial charge in [0.05, 0.1) is 24.2 Å². The molecule has 2 aromatic heterocycles. The summed E-state index contributed by atoms with van der Waals surface area (Å²) in [6.07, 6.45) is 1.03. The second-order valence-electron chi connectivity index (χ2n) is 7.90. The van der Waals surface area contributed by atoms with Gasteiger partial charge >= 0.3 is 0 Å². The molecule has 1 aliphatic heterocycles. The van der Waals surface area contributed by atoms with Gasteiger partial charge in [-0.05, 0) is 61.5 Å². The van der Waals surface area contributed by atoms with Crippen LogP contribution in [0.15, 0.2) is 72.2 Å². The van der Waals surface area contributed by atoms with Crippen LogP contribution in [-0.2, 0) is 9.59 Å². The van der Waals surface area contributed by atoms with E-state index in [9.17, 15) is 9.59 Å². The van der Waals surface area contributed by atoms with E-state index in [-0.39, 0.29) is 18.4 Å². The number of benzene rings is 2. The largest absolute Gasteiger partial charge is 0.497 e. The van der Waals surface area contributed by atoms with E-state index in [0.717, 1.165) is 22.0 Å².